The van der Waals surface area contributed by atoms with Crippen molar-refractivity contribution < 1.29 is 4.79 Å². The predicted molar refractivity (Wildman–Crippen MR) is 55.8 cm³/mol. The largest absolute Gasteiger partial charge is 0.331 e. The minimum atomic E-state index is -0.332. The fourth-order valence-corrected chi connectivity index (χ4v) is 1.13. The number of imidazole rings is 1. The first kappa shape index (κ1) is 9.67. The molecule has 2 aromatic heterocycles. The summed E-state index contributed by atoms with van der Waals surface area (Å²) in [7, 11) is 0. The zero-order valence-corrected chi connectivity index (χ0v) is 8.32. The second kappa shape index (κ2) is 4.10. The van der Waals surface area contributed by atoms with Gasteiger partial charge in [0.1, 0.15) is 5.69 Å². The van der Waals surface area contributed by atoms with E-state index in [0.717, 1.165) is 0 Å². The molecule has 0 radical (unpaired) electrons. The third-order valence-corrected chi connectivity index (χ3v) is 1.91. The fraction of sp³-hybridized carbons (Fsp3) is 0. The molecule has 0 saturated heterocycles. The zero-order chi connectivity index (χ0) is 10.7. The molecule has 2 heterocycles. The van der Waals surface area contributed by atoms with Crippen molar-refractivity contribution in [1.82, 2.24) is 15.0 Å². The van der Waals surface area contributed by atoms with Crippen LogP contribution in [0.2, 0.25) is 5.02 Å². The van der Waals surface area contributed by atoms with Crippen LogP contribution < -0.4 is 5.32 Å². The van der Waals surface area contributed by atoms with Gasteiger partial charge in [0.25, 0.3) is 5.91 Å². The Kier molecular flexibility index (Phi) is 2.64. The number of amides is 1. The first-order chi connectivity index (χ1) is 7.25. The van der Waals surface area contributed by atoms with Gasteiger partial charge >= 0.3 is 0 Å². The molecule has 5 nitrogen and oxygen atoms in total. The van der Waals surface area contributed by atoms with Crippen molar-refractivity contribution in [3.8, 4) is 0 Å². The first-order valence-corrected chi connectivity index (χ1v) is 4.56. The van der Waals surface area contributed by atoms with Crippen molar-refractivity contribution in [1.29, 1.82) is 0 Å². The van der Waals surface area contributed by atoms with Crippen LogP contribution in [0, 0.1) is 0 Å². The normalized spacial score (nSPS) is 9.93. The SMILES string of the molecule is O=C(Nc1ncc[nH]1)c1ccc(Cl)cn1. The average molecular weight is 223 g/mol. The molecule has 2 aromatic rings. The summed E-state index contributed by atoms with van der Waals surface area (Å²) >= 11 is 5.65. The van der Waals surface area contributed by atoms with Crippen molar-refractivity contribution in [2.24, 2.45) is 0 Å². The van der Waals surface area contributed by atoms with E-state index in [1.54, 1.807) is 24.5 Å². The quantitative estimate of drug-likeness (QED) is 0.813. The Morgan fingerprint density at radius 1 is 1.40 bits per heavy atom. The molecule has 0 atom stereocenters. The van der Waals surface area contributed by atoms with Crippen molar-refractivity contribution in [2.75, 3.05) is 5.32 Å². The molecule has 0 aliphatic rings. The molecule has 76 valence electrons. The summed E-state index contributed by atoms with van der Waals surface area (Å²) in [6.07, 6.45) is 4.58. The lowest BCUT2D eigenvalue weighted by molar-refractivity contribution is 0.102. The van der Waals surface area contributed by atoms with E-state index in [2.05, 4.69) is 20.3 Å². The van der Waals surface area contributed by atoms with Gasteiger partial charge in [0.2, 0.25) is 5.95 Å². The van der Waals surface area contributed by atoms with E-state index in [0.29, 0.717) is 11.0 Å². The van der Waals surface area contributed by atoms with Gasteiger partial charge < -0.3 is 4.98 Å². The second-order valence-electron chi connectivity index (χ2n) is 2.75. The number of nitrogens with one attached hydrogen (secondary N) is 2. The van der Waals surface area contributed by atoms with E-state index in [1.807, 2.05) is 0 Å². The van der Waals surface area contributed by atoms with Crippen molar-refractivity contribution >= 4 is 23.5 Å². The smallest absolute Gasteiger partial charge is 0.276 e. The van der Waals surface area contributed by atoms with Crippen LogP contribution in [0.3, 0.4) is 0 Å². The number of rotatable bonds is 2. The lowest BCUT2D eigenvalue weighted by Gasteiger charge is -2.00. The molecule has 0 fully saturated rings. The third-order valence-electron chi connectivity index (χ3n) is 1.69. The van der Waals surface area contributed by atoms with Gasteiger partial charge in [-0.2, -0.15) is 0 Å². The summed E-state index contributed by atoms with van der Waals surface area (Å²) in [4.78, 5) is 22.0. The molecular formula is C9H7ClN4O. The minimum Gasteiger partial charge on any atom is -0.331 e. The van der Waals surface area contributed by atoms with E-state index in [1.165, 1.54) is 6.20 Å². The topological polar surface area (TPSA) is 70.7 Å². The number of H-pyrrole nitrogens is 1. The van der Waals surface area contributed by atoms with E-state index >= 15 is 0 Å². The minimum absolute atomic E-state index is 0.288. The predicted octanol–water partition coefficient (Wildman–Crippen LogP) is 1.71. The van der Waals surface area contributed by atoms with Gasteiger partial charge in [0, 0.05) is 18.6 Å². The van der Waals surface area contributed by atoms with Gasteiger partial charge in [0.15, 0.2) is 0 Å². The van der Waals surface area contributed by atoms with Gasteiger partial charge in [-0.1, -0.05) is 11.6 Å². The van der Waals surface area contributed by atoms with Gasteiger partial charge in [-0.05, 0) is 12.1 Å². The van der Waals surface area contributed by atoms with Crippen molar-refractivity contribution in [3.05, 3.63) is 41.4 Å². The van der Waals surface area contributed by atoms with Crippen LogP contribution in [0.5, 0.6) is 0 Å². The molecule has 15 heavy (non-hydrogen) atoms. The summed E-state index contributed by atoms with van der Waals surface area (Å²) in [5.41, 5.74) is 0.288. The standard InChI is InChI=1S/C9H7ClN4O/c10-6-1-2-7(13-5-6)8(15)14-9-11-3-4-12-9/h1-5H,(H2,11,12,14,15). The number of halogens is 1. The molecule has 0 aromatic carbocycles. The maximum Gasteiger partial charge on any atom is 0.276 e. The maximum absolute atomic E-state index is 11.5. The Morgan fingerprint density at radius 2 is 2.27 bits per heavy atom. The molecule has 0 aliphatic heterocycles. The maximum atomic E-state index is 11.5. The number of pyridine rings is 1. The molecular weight excluding hydrogens is 216 g/mol. The molecule has 6 heteroatoms. The number of aromatic amines is 1. The van der Waals surface area contributed by atoms with E-state index in [9.17, 15) is 4.79 Å². The molecule has 0 spiro atoms. The summed E-state index contributed by atoms with van der Waals surface area (Å²) in [5, 5.41) is 3.04. The lowest BCUT2D eigenvalue weighted by atomic mass is 10.3. The fourth-order valence-electron chi connectivity index (χ4n) is 1.02. The average Bonchev–Trinajstić information content (AvgIpc) is 2.71. The molecule has 2 N–H and O–H groups in total. The monoisotopic (exact) mass is 222 g/mol. The number of hydrogen-bond acceptors (Lipinski definition) is 3. The number of aromatic nitrogens is 3. The Hall–Kier alpha value is -1.88. The first-order valence-electron chi connectivity index (χ1n) is 4.18. The lowest BCUT2D eigenvalue weighted by Crippen LogP contribution is -2.14. The molecule has 1 amide bonds. The molecule has 0 saturated carbocycles. The van der Waals surface area contributed by atoms with Crippen LogP contribution in [-0.2, 0) is 0 Å². The number of hydrogen-bond donors (Lipinski definition) is 2. The Morgan fingerprint density at radius 3 is 2.87 bits per heavy atom. The summed E-state index contributed by atoms with van der Waals surface area (Å²) in [5.74, 6) is 0.0540. The van der Waals surface area contributed by atoms with Crippen LogP contribution >= 0.6 is 11.6 Å². The van der Waals surface area contributed by atoms with Crippen LogP contribution in [-0.4, -0.2) is 20.9 Å². The van der Waals surface area contributed by atoms with Gasteiger partial charge in [0.05, 0.1) is 5.02 Å². The summed E-state index contributed by atoms with van der Waals surface area (Å²) < 4.78 is 0. The van der Waals surface area contributed by atoms with Gasteiger partial charge in [-0.3, -0.25) is 10.1 Å². The molecule has 2 rings (SSSR count). The Balaban J connectivity index is 2.11. The van der Waals surface area contributed by atoms with Crippen molar-refractivity contribution in [3.63, 3.8) is 0 Å². The molecule has 0 unspecified atom stereocenters. The Labute approximate surface area is 90.5 Å². The highest BCUT2D eigenvalue weighted by Gasteiger charge is 2.07. The van der Waals surface area contributed by atoms with Gasteiger partial charge in [-0.25, -0.2) is 9.97 Å². The van der Waals surface area contributed by atoms with Gasteiger partial charge in [-0.15, -0.1) is 0 Å². The van der Waals surface area contributed by atoms with E-state index in [-0.39, 0.29) is 11.6 Å². The van der Waals surface area contributed by atoms with Crippen LogP contribution in [0.4, 0.5) is 5.95 Å². The van der Waals surface area contributed by atoms with E-state index in [4.69, 9.17) is 11.6 Å². The Bertz CT molecular complexity index is 451. The molecule has 0 aliphatic carbocycles. The zero-order valence-electron chi connectivity index (χ0n) is 7.57. The van der Waals surface area contributed by atoms with E-state index < -0.39 is 0 Å². The number of anilines is 1. The number of carbonyl (C=O) groups excluding carboxylic acids is 1. The number of nitrogens with zero attached hydrogens (tertiary/aromatic N) is 2. The van der Waals surface area contributed by atoms with Crippen LogP contribution in [0.1, 0.15) is 10.5 Å². The second-order valence-corrected chi connectivity index (χ2v) is 3.19. The van der Waals surface area contributed by atoms with Crippen LogP contribution in [0.25, 0.3) is 0 Å². The highest BCUT2D eigenvalue weighted by atomic mass is 35.5. The number of carbonyl (C=O) groups is 1. The highest BCUT2D eigenvalue weighted by molar-refractivity contribution is 6.30. The van der Waals surface area contributed by atoms with Crippen LogP contribution in [0.15, 0.2) is 30.7 Å². The molecule has 0 bridgehead atoms. The third kappa shape index (κ3) is 2.32. The summed E-state index contributed by atoms with van der Waals surface area (Å²) in [6, 6.07) is 3.15. The highest BCUT2D eigenvalue weighted by Crippen LogP contribution is 2.07. The summed E-state index contributed by atoms with van der Waals surface area (Å²) in [6.45, 7) is 0. The van der Waals surface area contributed by atoms with Crippen molar-refractivity contribution in [2.45, 2.75) is 0 Å².